The molecule has 1 unspecified atom stereocenters. The van der Waals surface area contributed by atoms with Crippen LogP contribution in [-0.4, -0.2) is 37.9 Å². The lowest BCUT2D eigenvalue weighted by atomic mass is 10.1. The zero-order valence-electron chi connectivity index (χ0n) is 40.7. The van der Waals surface area contributed by atoms with Gasteiger partial charge in [-0.25, -0.2) is 0 Å². The van der Waals surface area contributed by atoms with Crippen molar-refractivity contribution in [3.63, 3.8) is 0 Å². The van der Waals surface area contributed by atoms with E-state index in [9.17, 15) is 9.59 Å². The third-order valence-corrected chi connectivity index (χ3v) is 9.56. The molecule has 0 aliphatic heterocycles. The van der Waals surface area contributed by atoms with Crippen molar-refractivity contribution in [3.8, 4) is 0 Å². The Labute approximate surface area is 393 Å². The van der Waals surface area contributed by atoms with Gasteiger partial charge in [0.05, 0.1) is 13.2 Å². The molecule has 5 nitrogen and oxygen atoms in total. The normalized spacial score (nSPS) is 13.6. The third-order valence-electron chi connectivity index (χ3n) is 9.56. The average molecular weight is 879 g/mol. The lowest BCUT2D eigenvalue weighted by molar-refractivity contribution is -0.162. The first-order valence-electron chi connectivity index (χ1n) is 25.0. The molecule has 0 heterocycles. The van der Waals surface area contributed by atoms with Gasteiger partial charge in [0.25, 0.3) is 0 Å². The lowest BCUT2D eigenvalue weighted by Gasteiger charge is -2.18. The summed E-state index contributed by atoms with van der Waals surface area (Å²) in [5.74, 6) is -0.526. The van der Waals surface area contributed by atoms with Gasteiger partial charge in [0.1, 0.15) is 6.61 Å². The van der Waals surface area contributed by atoms with Gasteiger partial charge in [-0.1, -0.05) is 192 Å². The highest BCUT2D eigenvalue weighted by molar-refractivity contribution is 5.70. The van der Waals surface area contributed by atoms with Crippen molar-refractivity contribution < 1.29 is 23.8 Å². The molecule has 0 rings (SSSR count). The summed E-state index contributed by atoms with van der Waals surface area (Å²) in [5.41, 5.74) is 0. The van der Waals surface area contributed by atoms with E-state index in [1.807, 2.05) is 0 Å². The number of rotatable bonds is 43. The van der Waals surface area contributed by atoms with Crippen molar-refractivity contribution in [2.45, 2.75) is 181 Å². The zero-order valence-corrected chi connectivity index (χ0v) is 40.7. The van der Waals surface area contributed by atoms with Crippen LogP contribution in [0.3, 0.4) is 0 Å². The SMILES string of the molecule is CC/C=C\C/C=C\C/C=C\C/C=C\C/C=C\CCCCCC(=O)OCC(COCC/C=C\C/C=C\C/C=C\C/C=C\C/C=C\CC)OC(=O)CCCCC/C=C\C/C=C\C/C=C\CC. The Morgan fingerprint density at radius 2 is 0.656 bits per heavy atom. The number of carbonyl (C=O) groups is 2. The van der Waals surface area contributed by atoms with Gasteiger partial charge in [-0.05, 0) is 128 Å². The molecule has 356 valence electrons. The highest BCUT2D eigenvalue weighted by Gasteiger charge is 2.17. The first-order valence-corrected chi connectivity index (χ1v) is 25.0. The fraction of sp³-hybridized carbons (Fsp3) is 0.525. The number of ether oxygens (including phenoxy) is 3. The Hall–Kier alpha value is -4.48. The number of hydrogen-bond donors (Lipinski definition) is 0. The van der Waals surface area contributed by atoms with E-state index in [1.54, 1.807) is 0 Å². The smallest absolute Gasteiger partial charge is 0.306 e. The molecule has 0 amide bonds. The van der Waals surface area contributed by atoms with Crippen molar-refractivity contribution in [1.29, 1.82) is 0 Å². The maximum Gasteiger partial charge on any atom is 0.306 e. The van der Waals surface area contributed by atoms with Crippen LogP contribution in [0.5, 0.6) is 0 Å². The quantitative estimate of drug-likeness (QED) is 0.0347. The summed E-state index contributed by atoms with van der Waals surface area (Å²) in [6, 6.07) is 0. The molecular weight excluding hydrogens is 789 g/mol. The van der Waals surface area contributed by atoms with Gasteiger partial charge in [-0.15, -0.1) is 0 Å². The molecule has 0 aliphatic carbocycles. The molecule has 5 heteroatoms. The molecule has 0 aromatic rings. The molecule has 0 radical (unpaired) electrons. The van der Waals surface area contributed by atoms with Crippen LogP contribution >= 0.6 is 0 Å². The maximum atomic E-state index is 12.8. The fourth-order valence-corrected chi connectivity index (χ4v) is 5.97. The van der Waals surface area contributed by atoms with E-state index < -0.39 is 6.10 Å². The summed E-state index contributed by atoms with van der Waals surface area (Å²) in [7, 11) is 0. The van der Waals surface area contributed by atoms with Crippen LogP contribution < -0.4 is 0 Å². The second kappa shape index (κ2) is 52.9. The highest BCUT2D eigenvalue weighted by atomic mass is 16.6. The minimum Gasteiger partial charge on any atom is -0.462 e. The summed E-state index contributed by atoms with van der Waals surface area (Å²) in [6.07, 6.45) is 78.4. The summed E-state index contributed by atoms with van der Waals surface area (Å²) >= 11 is 0. The minimum atomic E-state index is -0.617. The van der Waals surface area contributed by atoms with Crippen molar-refractivity contribution in [3.05, 3.63) is 158 Å². The maximum absolute atomic E-state index is 12.8. The Balaban J connectivity index is 4.51. The summed E-state index contributed by atoms with van der Waals surface area (Å²) in [5, 5.41) is 0. The van der Waals surface area contributed by atoms with Crippen LogP contribution in [0.1, 0.15) is 175 Å². The van der Waals surface area contributed by atoms with Gasteiger partial charge < -0.3 is 14.2 Å². The van der Waals surface area contributed by atoms with Crippen LogP contribution in [0.15, 0.2) is 158 Å². The van der Waals surface area contributed by atoms with Gasteiger partial charge in [0.2, 0.25) is 0 Å². The number of allylic oxidation sites excluding steroid dienone is 25. The van der Waals surface area contributed by atoms with E-state index in [-0.39, 0.29) is 25.2 Å². The third kappa shape index (κ3) is 50.2. The van der Waals surface area contributed by atoms with E-state index in [2.05, 4.69) is 179 Å². The molecule has 0 fully saturated rings. The molecule has 0 aromatic heterocycles. The highest BCUT2D eigenvalue weighted by Crippen LogP contribution is 2.10. The topological polar surface area (TPSA) is 61.8 Å². The second-order valence-electron chi connectivity index (χ2n) is 15.6. The van der Waals surface area contributed by atoms with Gasteiger partial charge in [-0.3, -0.25) is 9.59 Å². The van der Waals surface area contributed by atoms with Gasteiger partial charge >= 0.3 is 11.9 Å². The van der Waals surface area contributed by atoms with Crippen molar-refractivity contribution in [2.75, 3.05) is 19.8 Å². The lowest BCUT2D eigenvalue weighted by Crippen LogP contribution is -2.30. The zero-order chi connectivity index (χ0) is 46.3. The number of unbranched alkanes of at least 4 members (excludes halogenated alkanes) is 6. The largest absolute Gasteiger partial charge is 0.462 e. The second-order valence-corrected chi connectivity index (χ2v) is 15.6. The van der Waals surface area contributed by atoms with Crippen LogP contribution in [-0.2, 0) is 23.8 Å². The van der Waals surface area contributed by atoms with Gasteiger partial charge in [-0.2, -0.15) is 0 Å². The number of esters is 2. The van der Waals surface area contributed by atoms with Crippen molar-refractivity contribution >= 4 is 11.9 Å². The Morgan fingerprint density at radius 3 is 1.02 bits per heavy atom. The first-order chi connectivity index (χ1) is 31.6. The monoisotopic (exact) mass is 879 g/mol. The van der Waals surface area contributed by atoms with Crippen LogP contribution in [0.25, 0.3) is 0 Å². The average Bonchev–Trinajstić information content (AvgIpc) is 3.30. The molecule has 0 saturated carbocycles. The fourth-order valence-electron chi connectivity index (χ4n) is 5.97. The van der Waals surface area contributed by atoms with Crippen molar-refractivity contribution in [2.24, 2.45) is 0 Å². The molecular formula is C59H90O5. The predicted octanol–water partition coefficient (Wildman–Crippen LogP) is 17.1. The standard InChI is InChI=1S/C59H90O5/c1-4-7-10-13-16-19-22-25-27-29-30-31-32-35-37-40-43-46-49-52-58(60)63-56-57(64-59(61)53-50-47-44-41-38-34-24-21-18-15-12-9-6-3)55-62-54-51-48-45-42-39-36-33-28-26-23-20-17-14-11-8-5-2/h7-12,16-21,25-28,30-31,34-39,45,48,57H,4-6,13-15,22-24,29,32-33,40-44,46-47,49-56H2,1-3H3/b10-7-,11-8-,12-9-,19-16-,20-17-,21-18-,27-25-,28-26-,31-30-,37-35-,38-34-,39-36-,48-45-. The summed E-state index contributed by atoms with van der Waals surface area (Å²) in [4.78, 5) is 25.4. The number of carbonyl (C=O) groups excluding carboxylic acids is 2. The van der Waals surface area contributed by atoms with Crippen LogP contribution in [0, 0.1) is 0 Å². The number of hydrogen-bond acceptors (Lipinski definition) is 5. The van der Waals surface area contributed by atoms with E-state index in [4.69, 9.17) is 14.2 Å². The molecule has 1 atom stereocenters. The Morgan fingerprint density at radius 1 is 0.344 bits per heavy atom. The van der Waals surface area contributed by atoms with E-state index in [0.717, 1.165) is 141 Å². The molecule has 0 bridgehead atoms. The molecule has 64 heavy (non-hydrogen) atoms. The summed E-state index contributed by atoms with van der Waals surface area (Å²) in [6.45, 7) is 7.17. The van der Waals surface area contributed by atoms with Gasteiger partial charge in [0.15, 0.2) is 6.10 Å². The predicted molar refractivity (Wildman–Crippen MR) is 278 cm³/mol. The Kier molecular flexibility index (Phi) is 49.2. The Bertz CT molecular complexity index is 1460. The van der Waals surface area contributed by atoms with Crippen LogP contribution in [0.2, 0.25) is 0 Å². The molecule has 0 N–H and O–H groups in total. The van der Waals surface area contributed by atoms with Crippen LogP contribution in [0.4, 0.5) is 0 Å². The molecule has 0 spiro atoms. The first kappa shape index (κ1) is 59.5. The van der Waals surface area contributed by atoms with Gasteiger partial charge in [0, 0.05) is 12.8 Å². The minimum absolute atomic E-state index is 0.0143. The van der Waals surface area contributed by atoms with E-state index >= 15 is 0 Å². The molecule has 0 aromatic carbocycles. The molecule has 0 saturated heterocycles. The molecule has 0 aliphatic rings. The van der Waals surface area contributed by atoms with E-state index in [1.165, 1.54) is 0 Å². The summed E-state index contributed by atoms with van der Waals surface area (Å²) < 4.78 is 17.2. The van der Waals surface area contributed by atoms with Crippen molar-refractivity contribution in [1.82, 2.24) is 0 Å². The van der Waals surface area contributed by atoms with E-state index in [0.29, 0.717) is 19.4 Å².